The first-order valence-corrected chi connectivity index (χ1v) is 6.27. The Balaban J connectivity index is 2.31. The summed E-state index contributed by atoms with van der Waals surface area (Å²) in [6.07, 6.45) is 3.81. The van der Waals surface area contributed by atoms with E-state index in [-0.39, 0.29) is 4.08 Å². The second kappa shape index (κ2) is 3.03. The van der Waals surface area contributed by atoms with Crippen LogP contribution in [0.4, 0.5) is 0 Å². The highest BCUT2D eigenvalue weighted by Gasteiger charge is 2.33. The zero-order chi connectivity index (χ0) is 8.77. The molecular weight excluding hydrogens is 204 g/mol. The second-order valence-electron chi connectivity index (χ2n) is 3.65. The minimum atomic E-state index is 0.278. The third-order valence-corrected chi connectivity index (χ3v) is 5.23. The molecule has 12 heavy (non-hydrogen) atoms. The molecule has 0 saturated heterocycles. The van der Waals surface area contributed by atoms with Gasteiger partial charge in [0.25, 0.3) is 0 Å². The van der Waals surface area contributed by atoms with Gasteiger partial charge in [0.05, 0.1) is 8.28 Å². The number of hydrogen-bond acceptors (Lipinski definition) is 3. The molecule has 0 saturated carbocycles. The fraction of sp³-hybridized carbons (Fsp3) is 0.667. The van der Waals surface area contributed by atoms with E-state index < -0.39 is 0 Å². The summed E-state index contributed by atoms with van der Waals surface area (Å²) >= 11 is 9.26. The van der Waals surface area contributed by atoms with Crippen molar-refractivity contribution in [3.63, 3.8) is 0 Å². The third kappa shape index (κ3) is 1.59. The molecule has 0 bridgehead atoms. The van der Waals surface area contributed by atoms with Crippen LogP contribution >= 0.6 is 35.7 Å². The summed E-state index contributed by atoms with van der Waals surface area (Å²) in [5, 5.41) is 0. The average molecular weight is 216 g/mol. The molecular formula is C9H12S3. The Morgan fingerprint density at radius 2 is 2.00 bits per heavy atom. The summed E-state index contributed by atoms with van der Waals surface area (Å²) in [4.78, 5) is 1.57. The molecule has 1 aliphatic heterocycles. The van der Waals surface area contributed by atoms with Crippen molar-refractivity contribution in [2.75, 3.05) is 0 Å². The number of rotatable bonds is 0. The van der Waals surface area contributed by atoms with E-state index in [0.717, 1.165) is 4.20 Å². The van der Waals surface area contributed by atoms with Gasteiger partial charge in [-0.05, 0) is 43.6 Å². The van der Waals surface area contributed by atoms with Crippen LogP contribution in [0.1, 0.15) is 33.1 Å². The highest BCUT2D eigenvalue weighted by Crippen LogP contribution is 2.53. The van der Waals surface area contributed by atoms with Crippen molar-refractivity contribution in [1.29, 1.82) is 0 Å². The van der Waals surface area contributed by atoms with Crippen LogP contribution in [0, 0.1) is 0 Å². The molecule has 0 aromatic carbocycles. The molecule has 2 aliphatic rings. The van der Waals surface area contributed by atoms with Crippen molar-refractivity contribution < 1.29 is 0 Å². The molecule has 0 aromatic heterocycles. The maximum absolute atomic E-state index is 5.38. The number of hydrogen-bond donors (Lipinski definition) is 0. The van der Waals surface area contributed by atoms with Gasteiger partial charge in [-0.1, -0.05) is 24.0 Å². The van der Waals surface area contributed by atoms with Crippen molar-refractivity contribution in [2.45, 2.75) is 37.2 Å². The maximum Gasteiger partial charge on any atom is 0.0759 e. The lowest BCUT2D eigenvalue weighted by atomic mass is 10.3. The van der Waals surface area contributed by atoms with Crippen molar-refractivity contribution in [1.82, 2.24) is 0 Å². The van der Waals surface area contributed by atoms with Crippen LogP contribution in [-0.2, 0) is 0 Å². The number of allylic oxidation sites excluding steroid dienone is 1. The highest BCUT2D eigenvalue weighted by molar-refractivity contribution is 8.33. The van der Waals surface area contributed by atoms with Gasteiger partial charge in [-0.25, -0.2) is 0 Å². The largest absolute Gasteiger partial charge is 0.113 e. The summed E-state index contributed by atoms with van der Waals surface area (Å²) in [7, 11) is 0. The first-order valence-electron chi connectivity index (χ1n) is 4.23. The van der Waals surface area contributed by atoms with Crippen LogP contribution in [0.3, 0.4) is 0 Å². The minimum absolute atomic E-state index is 0.278. The molecule has 0 fully saturated rings. The lowest BCUT2D eigenvalue weighted by Crippen LogP contribution is -2.17. The van der Waals surface area contributed by atoms with Crippen LogP contribution in [0.5, 0.6) is 0 Å². The molecule has 0 spiro atoms. The summed E-state index contributed by atoms with van der Waals surface area (Å²) in [5.41, 5.74) is 1.49. The molecule has 0 nitrogen and oxygen atoms in total. The van der Waals surface area contributed by atoms with E-state index in [1.807, 2.05) is 23.5 Å². The first-order chi connectivity index (χ1) is 5.58. The Hall–Kier alpha value is 0.530. The van der Waals surface area contributed by atoms with Gasteiger partial charge >= 0.3 is 0 Å². The Morgan fingerprint density at radius 1 is 1.25 bits per heavy atom. The van der Waals surface area contributed by atoms with E-state index in [2.05, 4.69) is 13.8 Å². The summed E-state index contributed by atoms with van der Waals surface area (Å²) < 4.78 is 1.44. The minimum Gasteiger partial charge on any atom is -0.113 e. The van der Waals surface area contributed by atoms with Crippen LogP contribution in [0.25, 0.3) is 0 Å². The van der Waals surface area contributed by atoms with Gasteiger partial charge in [0, 0.05) is 0 Å². The summed E-state index contributed by atoms with van der Waals surface area (Å²) in [6.45, 7) is 4.52. The van der Waals surface area contributed by atoms with E-state index in [1.165, 1.54) is 24.8 Å². The molecule has 66 valence electrons. The van der Waals surface area contributed by atoms with E-state index in [1.54, 1.807) is 4.91 Å². The van der Waals surface area contributed by atoms with Crippen LogP contribution < -0.4 is 0 Å². The normalized spacial score (nSPS) is 27.7. The molecule has 0 radical (unpaired) electrons. The second-order valence-corrected chi connectivity index (χ2v) is 7.92. The molecule has 0 unspecified atom stereocenters. The molecule has 2 rings (SSSR count). The van der Waals surface area contributed by atoms with Gasteiger partial charge in [0.15, 0.2) is 0 Å². The molecule has 0 aromatic rings. The predicted molar refractivity (Wildman–Crippen MR) is 62.7 cm³/mol. The van der Waals surface area contributed by atoms with Crippen LogP contribution in [0.15, 0.2) is 10.5 Å². The maximum atomic E-state index is 5.38. The van der Waals surface area contributed by atoms with Crippen LogP contribution in [0.2, 0.25) is 0 Å². The molecule has 3 heteroatoms. The number of thioether (sulfide) groups is 2. The predicted octanol–water partition coefficient (Wildman–Crippen LogP) is 3.97. The van der Waals surface area contributed by atoms with E-state index in [0.29, 0.717) is 0 Å². The lowest BCUT2D eigenvalue weighted by molar-refractivity contribution is 0.917. The Labute approximate surface area is 87.6 Å². The smallest absolute Gasteiger partial charge is 0.0759 e. The molecule has 0 amide bonds. The first kappa shape index (κ1) is 9.10. The fourth-order valence-corrected chi connectivity index (χ4v) is 5.47. The standard InChI is InChI=1S/C9H12S3/c1-9(2)11-7-5-3-4-6(7)8(10)12-9/h3-5H2,1-2H3. The van der Waals surface area contributed by atoms with Gasteiger partial charge < -0.3 is 0 Å². The summed E-state index contributed by atoms with van der Waals surface area (Å²) in [5.74, 6) is 0. The van der Waals surface area contributed by atoms with Gasteiger partial charge in [-0.15, -0.1) is 11.8 Å². The van der Waals surface area contributed by atoms with Gasteiger partial charge in [-0.3, -0.25) is 0 Å². The zero-order valence-corrected chi connectivity index (χ0v) is 9.80. The van der Waals surface area contributed by atoms with E-state index in [9.17, 15) is 0 Å². The molecule has 1 aliphatic carbocycles. The van der Waals surface area contributed by atoms with Crippen LogP contribution in [-0.4, -0.2) is 8.28 Å². The topological polar surface area (TPSA) is 0 Å². The molecule has 0 N–H and O–H groups in total. The fourth-order valence-electron chi connectivity index (χ4n) is 1.65. The average Bonchev–Trinajstić information content (AvgIpc) is 2.31. The van der Waals surface area contributed by atoms with Crippen molar-refractivity contribution in [2.24, 2.45) is 0 Å². The van der Waals surface area contributed by atoms with Gasteiger partial charge in [-0.2, -0.15) is 0 Å². The molecule has 0 atom stereocenters. The van der Waals surface area contributed by atoms with Crippen molar-refractivity contribution >= 4 is 39.9 Å². The van der Waals surface area contributed by atoms with Gasteiger partial charge in [0.1, 0.15) is 0 Å². The highest BCUT2D eigenvalue weighted by atomic mass is 32.2. The van der Waals surface area contributed by atoms with E-state index >= 15 is 0 Å². The van der Waals surface area contributed by atoms with Crippen molar-refractivity contribution in [3.8, 4) is 0 Å². The Morgan fingerprint density at radius 3 is 2.75 bits per heavy atom. The SMILES string of the molecule is CC1(C)SC(=S)C2=C(CCC2)S1. The lowest BCUT2D eigenvalue weighted by Gasteiger charge is -2.29. The molecule has 1 heterocycles. The quantitative estimate of drug-likeness (QED) is 0.562. The Bertz CT molecular complexity index is 263. The zero-order valence-electron chi connectivity index (χ0n) is 7.35. The van der Waals surface area contributed by atoms with Crippen molar-refractivity contribution in [3.05, 3.63) is 10.5 Å². The third-order valence-electron chi connectivity index (χ3n) is 2.12. The number of thiocarbonyl (C=S) groups is 1. The van der Waals surface area contributed by atoms with E-state index in [4.69, 9.17) is 12.2 Å². The monoisotopic (exact) mass is 216 g/mol. The van der Waals surface area contributed by atoms with Gasteiger partial charge in [0.2, 0.25) is 0 Å². The summed E-state index contributed by atoms with van der Waals surface area (Å²) in [6, 6.07) is 0. The Kier molecular flexibility index (Phi) is 2.30.